The lowest BCUT2D eigenvalue weighted by atomic mass is 9.98. The molecule has 1 N–H and O–H groups in total. The van der Waals surface area contributed by atoms with Crippen molar-refractivity contribution in [1.29, 1.82) is 0 Å². The Kier molecular flexibility index (Phi) is 5.15. The Balaban J connectivity index is 1.90. The molecule has 0 radical (unpaired) electrons. The highest BCUT2D eigenvalue weighted by Gasteiger charge is 2.28. The van der Waals surface area contributed by atoms with E-state index in [1.165, 1.54) is 17.6 Å². The van der Waals surface area contributed by atoms with Gasteiger partial charge in [0.05, 0.1) is 23.7 Å². The molecule has 23 heavy (non-hydrogen) atoms. The third kappa shape index (κ3) is 4.14. The minimum atomic E-state index is -3.21. The van der Waals surface area contributed by atoms with Crippen LogP contribution in [0.25, 0.3) is 0 Å². The highest BCUT2D eigenvalue weighted by molar-refractivity contribution is 7.88. The van der Waals surface area contributed by atoms with E-state index in [2.05, 4.69) is 15.6 Å². The topological polar surface area (TPSA) is 96.7 Å². The van der Waals surface area contributed by atoms with Crippen molar-refractivity contribution in [2.75, 3.05) is 19.3 Å². The first-order valence-electron chi connectivity index (χ1n) is 7.17. The van der Waals surface area contributed by atoms with Gasteiger partial charge < -0.3 is 0 Å². The summed E-state index contributed by atoms with van der Waals surface area (Å²) in [6, 6.07) is 0. The molecule has 0 bridgehead atoms. The van der Waals surface area contributed by atoms with Crippen LogP contribution in [-0.4, -0.2) is 54.0 Å². The number of carbonyl (C=O) groups is 1. The van der Waals surface area contributed by atoms with Gasteiger partial charge in [0.2, 0.25) is 21.9 Å². The molecule has 2 heterocycles. The average Bonchev–Trinajstić information content (AvgIpc) is 2.72. The fourth-order valence-electron chi connectivity index (χ4n) is 2.49. The number of hydrazone groups is 1. The van der Waals surface area contributed by atoms with Gasteiger partial charge in [-0.1, -0.05) is 0 Å². The molecule has 8 nitrogen and oxygen atoms in total. The van der Waals surface area contributed by atoms with E-state index in [1.807, 2.05) is 0 Å². The lowest BCUT2D eigenvalue weighted by Crippen LogP contribution is -2.41. The van der Waals surface area contributed by atoms with Crippen molar-refractivity contribution in [2.45, 2.75) is 19.8 Å². The fraction of sp³-hybridized carbons (Fsp3) is 0.615. The Hall–Kier alpha value is -1.81. The summed E-state index contributed by atoms with van der Waals surface area (Å²) in [5.41, 5.74) is 3.08. The van der Waals surface area contributed by atoms with Gasteiger partial charge in [-0.25, -0.2) is 22.8 Å². The van der Waals surface area contributed by atoms with E-state index in [1.54, 1.807) is 6.92 Å². The van der Waals surface area contributed by atoms with Crippen LogP contribution in [0.4, 0.5) is 4.39 Å². The summed E-state index contributed by atoms with van der Waals surface area (Å²) in [6.07, 6.45) is 3.26. The number of nitrogens with zero attached hydrogens (tertiary/aromatic N) is 4. The molecule has 1 fully saturated rings. The number of rotatable bonds is 4. The monoisotopic (exact) mass is 345 g/mol. The highest BCUT2D eigenvalue weighted by Crippen LogP contribution is 2.19. The molecule has 0 saturated carbocycles. The molecule has 1 saturated heterocycles. The normalized spacial score (nSPS) is 17.7. The first-order chi connectivity index (χ1) is 10.7. The smallest absolute Gasteiger partial charge is 0.243 e. The van der Waals surface area contributed by atoms with Crippen molar-refractivity contribution < 1.29 is 17.6 Å². The van der Waals surface area contributed by atoms with Gasteiger partial charge in [0.15, 0.2) is 0 Å². The van der Waals surface area contributed by atoms with Crippen LogP contribution >= 0.6 is 0 Å². The lowest BCUT2D eigenvalue weighted by molar-refractivity contribution is -0.126. The third-order valence-electron chi connectivity index (χ3n) is 3.86. The van der Waals surface area contributed by atoms with E-state index in [-0.39, 0.29) is 17.4 Å². The lowest BCUT2D eigenvalue weighted by Gasteiger charge is -2.28. The molecule has 0 unspecified atom stereocenters. The maximum absolute atomic E-state index is 13.7. The van der Waals surface area contributed by atoms with Gasteiger partial charge in [-0.2, -0.15) is 14.6 Å². The zero-order valence-corrected chi connectivity index (χ0v) is 14.1. The summed E-state index contributed by atoms with van der Waals surface area (Å²) in [4.78, 5) is 12.0. The van der Waals surface area contributed by atoms with Gasteiger partial charge in [-0.3, -0.25) is 4.79 Å². The van der Waals surface area contributed by atoms with Crippen LogP contribution in [0.15, 0.2) is 5.10 Å². The second kappa shape index (κ2) is 6.75. The van der Waals surface area contributed by atoms with Crippen molar-refractivity contribution in [3.63, 3.8) is 0 Å². The number of aryl methyl sites for hydroxylation is 2. The van der Waals surface area contributed by atoms with Gasteiger partial charge in [-0.05, 0) is 19.8 Å². The summed E-state index contributed by atoms with van der Waals surface area (Å²) < 4.78 is 39.0. The van der Waals surface area contributed by atoms with Gasteiger partial charge in [0.1, 0.15) is 0 Å². The van der Waals surface area contributed by atoms with Crippen molar-refractivity contribution in [3.05, 3.63) is 17.2 Å². The van der Waals surface area contributed by atoms with E-state index in [0.29, 0.717) is 31.6 Å². The summed E-state index contributed by atoms with van der Waals surface area (Å²) in [5, 5.41) is 7.67. The Morgan fingerprint density at radius 1 is 1.43 bits per heavy atom. The van der Waals surface area contributed by atoms with Crippen molar-refractivity contribution in [1.82, 2.24) is 19.5 Å². The van der Waals surface area contributed by atoms with Crippen molar-refractivity contribution in [3.8, 4) is 0 Å². The first kappa shape index (κ1) is 17.5. The molecular weight excluding hydrogens is 325 g/mol. The average molecular weight is 345 g/mol. The van der Waals surface area contributed by atoms with Gasteiger partial charge in [-0.15, -0.1) is 0 Å². The number of sulfonamides is 1. The SMILES string of the molecule is Cc1nn(C)c(F)c1/C=N\NC(=O)C1CCN(S(C)(=O)=O)CC1. The van der Waals surface area contributed by atoms with E-state index in [9.17, 15) is 17.6 Å². The number of aromatic nitrogens is 2. The van der Waals surface area contributed by atoms with E-state index >= 15 is 0 Å². The predicted molar refractivity (Wildman–Crippen MR) is 82.8 cm³/mol. The molecule has 0 spiro atoms. The van der Waals surface area contributed by atoms with Crippen LogP contribution in [-0.2, 0) is 21.9 Å². The molecule has 1 aromatic heterocycles. The molecule has 2 rings (SSSR count). The number of amides is 1. The van der Waals surface area contributed by atoms with Gasteiger partial charge in [0.25, 0.3) is 0 Å². The summed E-state index contributed by atoms with van der Waals surface area (Å²) in [5.74, 6) is -1.12. The molecule has 1 aliphatic rings. The Morgan fingerprint density at radius 3 is 2.52 bits per heavy atom. The second-order valence-corrected chi connectivity index (χ2v) is 7.57. The molecule has 1 amide bonds. The number of hydrogen-bond donors (Lipinski definition) is 1. The molecule has 1 aromatic rings. The predicted octanol–water partition coefficient (Wildman–Crippen LogP) is -0.0107. The Morgan fingerprint density at radius 2 is 2.04 bits per heavy atom. The fourth-order valence-corrected chi connectivity index (χ4v) is 3.37. The van der Waals surface area contributed by atoms with Gasteiger partial charge >= 0.3 is 0 Å². The molecule has 0 aliphatic carbocycles. The Labute approximate surface area is 134 Å². The zero-order valence-electron chi connectivity index (χ0n) is 13.3. The highest BCUT2D eigenvalue weighted by atomic mass is 32.2. The quantitative estimate of drug-likeness (QED) is 0.613. The van der Waals surface area contributed by atoms with Crippen LogP contribution in [0.2, 0.25) is 0 Å². The van der Waals surface area contributed by atoms with E-state index < -0.39 is 16.0 Å². The van der Waals surface area contributed by atoms with Crippen LogP contribution in [0, 0.1) is 18.8 Å². The van der Waals surface area contributed by atoms with E-state index in [0.717, 1.165) is 10.9 Å². The standard InChI is InChI=1S/C13H20FN5O3S/c1-9-11(12(14)18(2)17-9)8-15-16-13(20)10-4-6-19(7-5-10)23(3,21)22/h8,10H,4-7H2,1-3H3,(H,16,20)/b15-8-. The number of carbonyl (C=O) groups excluding carboxylic acids is 1. The maximum atomic E-state index is 13.7. The minimum absolute atomic E-state index is 0.222. The number of piperidine rings is 1. The zero-order chi connectivity index (χ0) is 17.2. The Bertz CT molecular complexity index is 720. The van der Waals surface area contributed by atoms with Crippen LogP contribution in [0.1, 0.15) is 24.1 Å². The second-order valence-electron chi connectivity index (χ2n) is 5.58. The maximum Gasteiger partial charge on any atom is 0.243 e. The largest absolute Gasteiger partial charge is 0.273 e. The molecule has 1 aliphatic heterocycles. The van der Waals surface area contributed by atoms with Crippen molar-refractivity contribution >= 4 is 22.1 Å². The molecule has 10 heteroatoms. The minimum Gasteiger partial charge on any atom is -0.273 e. The van der Waals surface area contributed by atoms with Crippen LogP contribution < -0.4 is 5.43 Å². The molecule has 128 valence electrons. The molecular formula is C13H20FN5O3S. The van der Waals surface area contributed by atoms with Crippen LogP contribution in [0.3, 0.4) is 0 Å². The van der Waals surface area contributed by atoms with Crippen molar-refractivity contribution in [2.24, 2.45) is 18.1 Å². The molecule has 0 aromatic carbocycles. The summed E-state index contributed by atoms with van der Waals surface area (Å²) in [6.45, 7) is 2.28. The van der Waals surface area contributed by atoms with E-state index in [4.69, 9.17) is 0 Å². The third-order valence-corrected chi connectivity index (χ3v) is 5.16. The number of nitrogens with one attached hydrogen (secondary N) is 1. The summed E-state index contributed by atoms with van der Waals surface area (Å²) >= 11 is 0. The van der Waals surface area contributed by atoms with Gasteiger partial charge in [0, 0.05) is 26.1 Å². The number of hydrogen-bond acceptors (Lipinski definition) is 5. The first-order valence-corrected chi connectivity index (χ1v) is 9.02. The number of halogens is 1. The summed E-state index contributed by atoms with van der Waals surface area (Å²) in [7, 11) is -1.73. The van der Waals surface area contributed by atoms with Crippen LogP contribution in [0.5, 0.6) is 0 Å². The molecule has 0 atom stereocenters.